The Morgan fingerprint density at radius 3 is 2.74 bits per heavy atom. The molecule has 2 N–H and O–H groups in total. The van der Waals surface area contributed by atoms with Crippen molar-refractivity contribution in [2.24, 2.45) is 0 Å². The van der Waals surface area contributed by atoms with Gasteiger partial charge in [-0.2, -0.15) is 0 Å². The number of piperidine rings is 1. The Labute approximate surface area is 163 Å². The fraction of sp³-hybridized carbons (Fsp3) is 0.632. The molecule has 0 aliphatic carbocycles. The summed E-state index contributed by atoms with van der Waals surface area (Å²) in [6.07, 6.45) is 5.25. The molecule has 0 unspecified atom stereocenters. The minimum atomic E-state index is -1.09. The quantitative estimate of drug-likeness (QED) is 0.760. The van der Waals surface area contributed by atoms with E-state index in [0.717, 1.165) is 10.7 Å². The first kappa shape index (κ1) is 20.0. The molecule has 1 aromatic rings. The van der Waals surface area contributed by atoms with Crippen LogP contribution >= 0.6 is 11.3 Å². The van der Waals surface area contributed by atoms with Crippen molar-refractivity contribution in [3.8, 4) is 0 Å². The van der Waals surface area contributed by atoms with Crippen molar-refractivity contribution < 1.29 is 19.4 Å². The van der Waals surface area contributed by atoms with Crippen LogP contribution in [-0.4, -0.2) is 63.7 Å². The van der Waals surface area contributed by atoms with E-state index in [0.29, 0.717) is 32.4 Å². The van der Waals surface area contributed by atoms with Crippen LogP contribution in [0.15, 0.2) is 11.5 Å². The third kappa shape index (κ3) is 4.75. The summed E-state index contributed by atoms with van der Waals surface area (Å²) in [5.74, 6) is -0.191. The molecule has 8 heteroatoms. The van der Waals surface area contributed by atoms with E-state index in [2.05, 4.69) is 10.3 Å². The highest BCUT2D eigenvalue weighted by molar-refractivity contribution is 7.09. The van der Waals surface area contributed by atoms with Crippen LogP contribution in [0.4, 0.5) is 0 Å². The van der Waals surface area contributed by atoms with Gasteiger partial charge in [-0.15, -0.1) is 11.3 Å². The van der Waals surface area contributed by atoms with Gasteiger partial charge in [0, 0.05) is 31.5 Å². The molecule has 2 aliphatic heterocycles. The number of carbonyl (C=O) groups is 2. The number of rotatable bonds is 3. The second-order valence-corrected chi connectivity index (χ2v) is 8.80. The van der Waals surface area contributed by atoms with E-state index >= 15 is 0 Å². The third-order valence-corrected chi connectivity index (χ3v) is 6.19. The van der Waals surface area contributed by atoms with Crippen molar-refractivity contribution in [3.05, 3.63) is 22.2 Å². The highest BCUT2D eigenvalue weighted by atomic mass is 32.1. The Morgan fingerprint density at radius 1 is 1.44 bits per heavy atom. The number of hydrogen-bond donors (Lipinski definition) is 2. The minimum absolute atomic E-state index is 0.0308. The van der Waals surface area contributed by atoms with Gasteiger partial charge in [0.2, 0.25) is 11.8 Å². The second-order valence-electron chi connectivity index (χ2n) is 7.74. The van der Waals surface area contributed by atoms with Crippen LogP contribution in [0.2, 0.25) is 0 Å². The Morgan fingerprint density at radius 2 is 2.15 bits per heavy atom. The van der Waals surface area contributed by atoms with E-state index in [1.54, 1.807) is 30.4 Å². The van der Waals surface area contributed by atoms with E-state index < -0.39 is 11.2 Å². The summed E-state index contributed by atoms with van der Waals surface area (Å²) in [5, 5.41) is 16.2. The maximum absolute atomic E-state index is 12.4. The van der Waals surface area contributed by atoms with Gasteiger partial charge in [0.05, 0.1) is 29.0 Å². The molecule has 0 radical (unpaired) electrons. The maximum atomic E-state index is 12.4. The van der Waals surface area contributed by atoms with Crippen LogP contribution in [0.1, 0.15) is 43.8 Å². The first-order chi connectivity index (χ1) is 12.7. The van der Waals surface area contributed by atoms with Crippen LogP contribution in [0.25, 0.3) is 6.08 Å². The second kappa shape index (κ2) is 7.69. The Bertz CT molecular complexity index is 735. The lowest BCUT2D eigenvalue weighted by Gasteiger charge is -2.50. The zero-order chi connectivity index (χ0) is 19.7. The molecular formula is C19H27N3O4S. The number of likely N-dealkylation sites (tertiary alicyclic amines) is 1. The summed E-state index contributed by atoms with van der Waals surface area (Å²) in [6.45, 7) is 6.43. The van der Waals surface area contributed by atoms with Crippen molar-refractivity contribution >= 4 is 29.2 Å². The van der Waals surface area contributed by atoms with E-state index in [9.17, 15) is 14.7 Å². The Hall–Kier alpha value is -1.77. The van der Waals surface area contributed by atoms with E-state index in [4.69, 9.17) is 4.74 Å². The maximum Gasteiger partial charge on any atom is 0.246 e. The van der Waals surface area contributed by atoms with Gasteiger partial charge < -0.3 is 20.1 Å². The number of hydrogen-bond acceptors (Lipinski definition) is 6. The number of amides is 2. The number of nitrogens with zero attached hydrogens (tertiary/aromatic N) is 2. The summed E-state index contributed by atoms with van der Waals surface area (Å²) in [4.78, 5) is 30.0. The zero-order valence-electron chi connectivity index (χ0n) is 16.0. The van der Waals surface area contributed by atoms with Crippen molar-refractivity contribution in [3.63, 3.8) is 0 Å². The summed E-state index contributed by atoms with van der Waals surface area (Å²) in [7, 11) is 0. The van der Waals surface area contributed by atoms with Crippen molar-refractivity contribution in [1.82, 2.24) is 15.2 Å². The molecule has 0 saturated carbocycles. The molecule has 27 heavy (non-hydrogen) atoms. The molecule has 0 bridgehead atoms. The van der Waals surface area contributed by atoms with Gasteiger partial charge in [0.25, 0.3) is 0 Å². The largest absolute Gasteiger partial charge is 0.386 e. The summed E-state index contributed by atoms with van der Waals surface area (Å²) < 4.78 is 6.03. The topological polar surface area (TPSA) is 91.8 Å². The highest BCUT2D eigenvalue weighted by Crippen LogP contribution is 2.38. The van der Waals surface area contributed by atoms with Crippen molar-refractivity contribution in [1.29, 1.82) is 0 Å². The van der Waals surface area contributed by atoms with Gasteiger partial charge in [0.15, 0.2) is 0 Å². The van der Waals surface area contributed by atoms with Crippen molar-refractivity contribution in [2.45, 2.75) is 57.3 Å². The number of aliphatic hydroxyl groups is 1. The molecule has 1 spiro atoms. The van der Waals surface area contributed by atoms with Crippen LogP contribution in [0.5, 0.6) is 0 Å². The standard InChI is InChI=1S/C19H27N3O4S/c1-13(23)20-16-10-19(26-12-18(16,3)25)6-8-22(9-7-19)17(24)5-4-15-11-27-14(2)21-15/h4-5,11,16,25H,6-10,12H2,1-3H3,(H,20,23)/b5-4+/t16-,18-/m0/s1. The number of nitrogens with one attached hydrogen (secondary N) is 1. The fourth-order valence-corrected chi connectivity index (χ4v) is 4.29. The average molecular weight is 394 g/mol. The Kier molecular flexibility index (Phi) is 5.69. The molecule has 2 atom stereocenters. The predicted octanol–water partition coefficient (Wildman–Crippen LogP) is 1.50. The molecule has 3 heterocycles. The van der Waals surface area contributed by atoms with Crippen LogP contribution < -0.4 is 5.32 Å². The van der Waals surface area contributed by atoms with E-state index in [1.165, 1.54) is 6.92 Å². The summed E-state index contributed by atoms with van der Waals surface area (Å²) >= 11 is 1.56. The molecule has 7 nitrogen and oxygen atoms in total. The molecule has 2 fully saturated rings. The fourth-order valence-electron chi connectivity index (χ4n) is 3.70. The highest BCUT2D eigenvalue weighted by Gasteiger charge is 2.48. The summed E-state index contributed by atoms with van der Waals surface area (Å²) in [6, 6.07) is -0.348. The zero-order valence-corrected chi connectivity index (χ0v) is 16.8. The predicted molar refractivity (Wildman–Crippen MR) is 103 cm³/mol. The molecule has 2 aliphatic rings. The average Bonchev–Trinajstić information content (AvgIpc) is 3.02. The molecule has 0 aromatic carbocycles. The van der Waals surface area contributed by atoms with Crippen molar-refractivity contribution in [2.75, 3.05) is 19.7 Å². The lowest BCUT2D eigenvalue weighted by molar-refractivity contribution is -0.193. The molecular weight excluding hydrogens is 366 g/mol. The van der Waals surface area contributed by atoms with Crippen LogP contribution in [0, 0.1) is 6.92 Å². The number of aryl methyl sites for hydroxylation is 1. The van der Waals surface area contributed by atoms with Crippen LogP contribution in [-0.2, 0) is 14.3 Å². The van der Waals surface area contributed by atoms with Gasteiger partial charge >= 0.3 is 0 Å². The first-order valence-corrected chi connectivity index (χ1v) is 10.1. The molecule has 2 saturated heterocycles. The van der Waals surface area contributed by atoms with Gasteiger partial charge in [-0.3, -0.25) is 9.59 Å². The monoisotopic (exact) mass is 393 g/mol. The smallest absolute Gasteiger partial charge is 0.246 e. The van der Waals surface area contributed by atoms with Gasteiger partial charge in [-0.25, -0.2) is 4.98 Å². The number of carbonyl (C=O) groups excluding carboxylic acids is 2. The van der Waals surface area contributed by atoms with Crippen LogP contribution in [0.3, 0.4) is 0 Å². The SMILES string of the molecule is CC(=O)N[C@H]1CC2(CCN(C(=O)/C=C/c3csc(C)n3)CC2)OC[C@]1(C)O. The normalized spacial score (nSPS) is 27.9. The van der Waals surface area contributed by atoms with Gasteiger partial charge in [-0.1, -0.05) is 0 Å². The molecule has 1 aromatic heterocycles. The third-order valence-electron chi connectivity index (χ3n) is 5.39. The number of thiazole rings is 1. The molecule has 148 valence electrons. The molecule has 3 rings (SSSR count). The van der Waals surface area contributed by atoms with Gasteiger partial charge in [-0.05, 0) is 39.2 Å². The lowest BCUT2D eigenvalue weighted by atomic mass is 9.77. The first-order valence-electron chi connectivity index (χ1n) is 9.22. The summed E-state index contributed by atoms with van der Waals surface area (Å²) in [5.41, 5.74) is -0.685. The minimum Gasteiger partial charge on any atom is -0.386 e. The Balaban J connectivity index is 1.58. The molecule has 2 amide bonds. The lowest BCUT2D eigenvalue weighted by Crippen LogP contribution is -2.63. The number of ether oxygens (including phenoxy) is 1. The van der Waals surface area contributed by atoms with E-state index in [-0.39, 0.29) is 24.5 Å². The number of aromatic nitrogens is 1. The van der Waals surface area contributed by atoms with E-state index in [1.807, 2.05) is 17.2 Å². The van der Waals surface area contributed by atoms with Gasteiger partial charge in [0.1, 0.15) is 5.60 Å².